The third-order valence-electron chi connectivity index (χ3n) is 4.35. The molecule has 0 aliphatic carbocycles. The molecule has 0 aromatic heterocycles. The molecule has 0 spiro atoms. The SMILES string of the molecule is Cc1c(N)cccc1NC(=O)CN1C(C)CCCC1C. The van der Waals surface area contributed by atoms with Gasteiger partial charge in [-0.15, -0.1) is 0 Å². The molecule has 20 heavy (non-hydrogen) atoms. The van der Waals surface area contributed by atoms with Crippen LogP contribution in [0.1, 0.15) is 38.7 Å². The van der Waals surface area contributed by atoms with Crippen molar-refractivity contribution in [1.82, 2.24) is 4.90 Å². The molecule has 4 nitrogen and oxygen atoms in total. The number of benzene rings is 1. The standard InChI is InChI=1S/C16H25N3O/c1-11-6-4-7-12(2)19(11)10-16(20)18-15-9-5-8-14(17)13(15)3/h5,8-9,11-12H,4,6-7,10,17H2,1-3H3,(H,18,20). The van der Waals surface area contributed by atoms with Crippen LogP contribution in [0.2, 0.25) is 0 Å². The van der Waals surface area contributed by atoms with E-state index in [-0.39, 0.29) is 5.91 Å². The molecule has 0 saturated carbocycles. The van der Waals surface area contributed by atoms with Crippen molar-refractivity contribution in [3.8, 4) is 0 Å². The minimum Gasteiger partial charge on any atom is -0.398 e. The van der Waals surface area contributed by atoms with E-state index in [1.807, 2.05) is 25.1 Å². The third kappa shape index (κ3) is 3.31. The van der Waals surface area contributed by atoms with Crippen molar-refractivity contribution in [3.05, 3.63) is 23.8 Å². The highest BCUT2D eigenvalue weighted by molar-refractivity contribution is 5.93. The highest BCUT2D eigenvalue weighted by Gasteiger charge is 2.26. The fourth-order valence-corrected chi connectivity index (χ4v) is 2.93. The van der Waals surface area contributed by atoms with Gasteiger partial charge in [0.25, 0.3) is 0 Å². The molecule has 1 saturated heterocycles. The smallest absolute Gasteiger partial charge is 0.238 e. The Kier molecular flexibility index (Phi) is 4.65. The topological polar surface area (TPSA) is 58.4 Å². The molecule has 1 aromatic rings. The Balaban J connectivity index is 2.00. The van der Waals surface area contributed by atoms with Gasteiger partial charge < -0.3 is 11.1 Å². The van der Waals surface area contributed by atoms with Gasteiger partial charge in [0.15, 0.2) is 0 Å². The van der Waals surface area contributed by atoms with E-state index in [2.05, 4.69) is 24.1 Å². The number of piperidine rings is 1. The van der Waals surface area contributed by atoms with Gasteiger partial charge in [-0.3, -0.25) is 9.69 Å². The molecule has 1 aliphatic heterocycles. The first-order valence-corrected chi connectivity index (χ1v) is 7.39. The molecule has 0 radical (unpaired) electrons. The van der Waals surface area contributed by atoms with Gasteiger partial charge in [-0.1, -0.05) is 12.5 Å². The molecule has 1 fully saturated rings. The maximum atomic E-state index is 12.2. The Labute approximate surface area is 121 Å². The number of nitrogen functional groups attached to an aromatic ring is 1. The summed E-state index contributed by atoms with van der Waals surface area (Å²) in [5.74, 6) is 0.0410. The quantitative estimate of drug-likeness (QED) is 0.834. The van der Waals surface area contributed by atoms with Crippen molar-refractivity contribution in [1.29, 1.82) is 0 Å². The summed E-state index contributed by atoms with van der Waals surface area (Å²) >= 11 is 0. The number of anilines is 2. The van der Waals surface area contributed by atoms with Crippen LogP contribution >= 0.6 is 0 Å². The molecule has 2 atom stereocenters. The van der Waals surface area contributed by atoms with E-state index in [0.29, 0.717) is 24.3 Å². The molecule has 2 rings (SSSR count). The summed E-state index contributed by atoms with van der Waals surface area (Å²) in [5.41, 5.74) is 8.32. The van der Waals surface area contributed by atoms with Crippen LogP contribution in [0, 0.1) is 6.92 Å². The van der Waals surface area contributed by atoms with Crippen LogP contribution in [0.4, 0.5) is 11.4 Å². The highest BCUT2D eigenvalue weighted by atomic mass is 16.2. The van der Waals surface area contributed by atoms with Crippen LogP contribution < -0.4 is 11.1 Å². The van der Waals surface area contributed by atoms with Crippen molar-refractivity contribution in [2.75, 3.05) is 17.6 Å². The molecule has 3 N–H and O–H groups in total. The van der Waals surface area contributed by atoms with Crippen LogP contribution in [-0.4, -0.2) is 29.4 Å². The van der Waals surface area contributed by atoms with Gasteiger partial charge in [0.05, 0.1) is 6.54 Å². The average molecular weight is 275 g/mol. The maximum absolute atomic E-state index is 12.2. The Morgan fingerprint density at radius 2 is 2.00 bits per heavy atom. The van der Waals surface area contributed by atoms with Gasteiger partial charge in [-0.25, -0.2) is 0 Å². The summed E-state index contributed by atoms with van der Waals surface area (Å²) in [5, 5.41) is 2.98. The number of nitrogens with two attached hydrogens (primary N) is 1. The zero-order chi connectivity index (χ0) is 14.7. The number of carbonyl (C=O) groups excluding carboxylic acids is 1. The van der Waals surface area contributed by atoms with Crippen LogP contribution in [0.15, 0.2) is 18.2 Å². The monoisotopic (exact) mass is 275 g/mol. The largest absolute Gasteiger partial charge is 0.398 e. The number of amides is 1. The molecule has 1 amide bonds. The zero-order valence-corrected chi connectivity index (χ0v) is 12.6. The van der Waals surface area contributed by atoms with E-state index in [4.69, 9.17) is 5.73 Å². The summed E-state index contributed by atoms with van der Waals surface area (Å²) in [6.07, 6.45) is 3.61. The van der Waals surface area contributed by atoms with Gasteiger partial charge in [-0.2, -0.15) is 0 Å². The molecule has 1 aliphatic rings. The highest BCUT2D eigenvalue weighted by Crippen LogP contribution is 2.23. The Morgan fingerprint density at radius 1 is 1.35 bits per heavy atom. The fraction of sp³-hybridized carbons (Fsp3) is 0.562. The van der Waals surface area contributed by atoms with Crippen LogP contribution in [0.25, 0.3) is 0 Å². The van der Waals surface area contributed by atoms with Gasteiger partial charge >= 0.3 is 0 Å². The van der Waals surface area contributed by atoms with Crippen molar-refractivity contribution in [3.63, 3.8) is 0 Å². The van der Waals surface area contributed by atoms with E-state index in [0.717, 1.165) is 11.3 Å². The van der Waals surface area contributed by atoms with Crippen molar-refractivity contribution < 1.29 is 4.79 Å². The lowest BCUT2D eigenvalue weighted by atomic mass is 9.97. The summed E-state index contributed by atoms with van der Waals surface area (Å²) in [7, 11) is 0. The second kappa shape index (κ2) is 6.27. The number of rotatable bonds is 3. The number of nitrogens with zero attached hydrogens (tertiary/aromatic N) is 1. The summed E-state index contributed by atoms with van der Waals surface area (Å²) < 4.78 is 0. The molecule has 1 heterocycles. The number of hydrogen-bond donors (Lipinski definition) is 2. The minimum absolute atomic E-state index is 0.0410. The summed E-state index contributed by atoms with van der Waals surface area (Å²) in [4.78, 5) is 14.5. The lowest BCUT2D eigenvalue weighted by molar-refractivity contribution is -0.118. The first kappa shape index (κ1) is 14.9. The fourth-order valence-electron chi connectivity index (χ4n) is 2.93. The molecular formula is C16H25N3O. The van der Waals surface area contributed by atoms with Crippen molar-refractivity contribution in [2.24, 2.45) is 0 Å². The normalized spacial score (nSPS) is 23.6. The minimum atomic E-state index is 0.0410. The Bertz CT molecular complexity index is 477. The molecule has 2 unspecified atom stereocenters. The number of hydrogen-bond acceptors (Lipinski definition) is 3. The van der Waals surface area contributed by atoms with E-state index >= 15 is 0 Å². The summed E-state index contributed by atoms with van der Waals surface area (Å²) in [6, 6.07) is 6.56. The van der Waals surface area contributed by atoms with E-state index in [1.165, 1.54) is 19.3 Å². The molecule has 1 aromatic carbocycles. The second-order valence-electron chi connectivity index (χ2n) is 5.87. The third-order valence-corrected chi connectivity index (χ3v) is 4.35. The molecule has 4 heteroatoms. The summed E-state index contributed by atoms with van der Waals surface area (Å²) in [6.45, 7) is 6.79. The first-order chi connectivity index (χ1) is 9.49. The molecular weight excluding hydrogens is 250 g/mol. The predicted molar refractivity (Wildman–Crippen MR) is 83.7 cm³/mol. The van der Waals surface area contributed by atoms with Gasteiger partial charge in [-0.05, 0) is 51.3 Å². The number of likely N-dealkylation sites (tertiary alicyclic amines) is 1. The van der Waals surface area contributed by atoms with Gasteiger partial charge in [0, 0.05) is 23.5 Å². The molecule has 110 valence electrons. The Morgan fingerprint density at radius 3 is 2.65 bits per heavy atom. The van der Waals surface area contributed by atoms with Gasteiger partial charge in [0.1, 0.15) is 0 Å². The first-order valence-electron chi connectivity index (χ1n) is 7.39. The predicted octanol–water partition coefficient (Wildman–Crippen LogP) is 2.78. The zero-order valence-electron chi connectivity index (χ0n) is 12.6. The van der Waals surface area contributed by atoms with Crippen LogP contribution in [-0.2, 0) is 4.79 Å². The second-order valence-corrected chi connectivity index (χ2v) is 5.87. The van der Waals surface area contributed by atoms with E-state index in [9.17, 15) is 4.79 Å². The van der Waals surface area contributed by atoms with E-state index in [1.54, 1.807) is 0 Å². The van der Waals surface area contributed by atoms with E-state index < -0.39 is 0 Å². The Hall–Kier alpha value is -1.55. The molecule has 0 bridgehead atoms. The maximum Gasteiger partial charge on any atom is 0.238 e. The van der Waals surface area contributed by atoms with Crippen LogP contribution in [0.5, 0.6) is 0 Å². The lowest BCUT2D eigenvalue weighted by Gasteiger charge is -2.38. The average Bonchev–Trinajstić information content (AvgIpc) is 2.39. The number of carbonyl (C=O) groups is 1. The van der Waals surface area contributed by atoms with Crippen LogP contribution in [0.3, 0.4) is 0 Å². The van der Waals surface area contributed by atoms with Crippen molar-refractivity contribution >= 4 is 17.3 Å². The van der Waals surface area contributed by atoms with Gasteiger partial charge in [0.2, 0.25) is 5.91 Å². The lowest BCUT2D eigenvalue weighted by Crippen LogP contribution is -2.47. The van der Waals surface area contributed by atoms with Crippen molar-refractivity contribution in [2.45, 2.75) is 52.1 Å². The number of nitrogens with one attached hydrogen (secondary N) is 1.